The Morgan fingerprint density at radius 3 is 2.76 bits per heavy atom. The lowest BCUT2D eigenvalue weighted by Gasteiger charge is -2.50. The van der Waals surface area contributed by atoms with E-state index >= 15 is 0 Å². The van der Waals surface area contributed by atoms with E-state index in [4.69, 9.17) is 4.74 Å². The molecule has 3 aliphatic carbocycles. The lowest BCUT2D eigenvalue weighted by Crippen LogP contribution is -2.44. The van der Waals surface area contributed by atoms with Gasteiger partial charge in [-0.25, -0.2) is 0 Å². The summed E-state index contributed by atoms with van der Waals surface area (Å²) >= 11 is 0. The maximum atomic E-state index is 10.6. The molecule has 0 heterocycles. The van der Waals surface area contributed by atoms with E-state index in [-0.39, 0.29) is 17.3 Å². The van der Waals surface area contributed by atoms with Gasteiger partial charge in [0.1, 0.15) is 0 Å². The van der Waals surface area contributed by atoms with E-state index in [1.54, 1.807) is 7.11 Å². The molecule has 3 aliphatic rings. The molecule has 3 nitrogen and oxygen atoms in total. The number of hydrogen-bond donors (Lipinski definition) is 2. The van der Waals surface area contributed by atoms with Crippen LogP contribution in [0, 0.1) is 29.1 Å². The fraction of sp³-hybridized carbons (Fsp3) is 0.636. The molecule has 1 aromatic rings. The highest BCUT2D eigenvalue weighted by Crippen LogP contribution is 2.61. The van der Waals surface area contributed by atoms with Gasteiger partial charge in [-0.05, 0) is 85.8 Å². The summed E-state index contributed by atoms with van der Waals surface area (Å²) in [5.41, 5.74) is 3.51. The molecule has 0 aromatic heterocycles. The van der Waals surface area contributed by atoms with Gasteiger partial charge in [0.15, 0.2) is 11.5 Å². The van der Waals surface area contributed by atoms with Crippen LogP contribution in [0.15, 0.2) is 6.07 Å². The molecule has 2 fully saturated rings. The van der Waals surface area contributed by atoms with Crippen molar-refractivity contribution in [2.45, 2.75) is 64.4 Å². The maximum absolute atomic E-state index is 10.6. The lowest BCUT2D eigenvalue weighted by molar-refractivity contribution is -0.0226. The van der Waals surface area contributed by atoms with Crippen LogP contribution in [-0.2, 0) is 6.42 Å². The number of fused-ring (bicyclic) bond motifs is 5. The number of rotatable bonds is 1. The number of phenolic OH excluding ortho intramolecular Hbond substituents is 1. The van der Waals surface area contributed by atoms with Gasteiger partial charge in [-0.2, -0.15) is 0 Å². The van der Waals surface area contributed by atoms with Crippen LogP contribution in [0.5, 0.6) is 11.5 Å². The fourth-order valence-corrected chi connectivity index (χ4v) is 6.15. The summed E-state index contributed by atoms with van der Waals surface area (Å²) in [7, 11) is 1.61. The Hall–Kier alpha value is -1.66. The highest BCUT2D eigenvalue weighted by atomic mass is 16.5. The van der Waals surface area contributed by atoms with Gasteiger partial charge in [0.2, 0.25) is 0 Å². The molecule has 0 aliphatic heterocycles. The van der Waals surface area contributed by atoms with Crippen LogP contribution < -0.4 is 4.74 Å². The van der Waals surface area contributed by atoms with Crippen molar-refractivity contribution in [3.63, 3.8) is 0 Å². The molecule has 0 amide bonds. The van der Waals surface area contributed by atoms with E-state index < -0.39 is 0 Å². The Balaban J connectivity index is 1.83. The molecule has 0 saturated heterocycles. The Bertz CT molecular complexity index is 757. The zero-order chi connectivity index (χ0) is 17.8. The van der Waals surface area contributed by atoms with Gasteiger partial charge in [-0.3, -0.25) is 0 Å². The first-order valence-electron chi connectivity index (χ1n) is 9.54. The molecular weight excluding hydrogens is 312 g/mol. The minimum atomic E-state index is -0.149. The van der Waals surface area contributed by atoms with Crippen molar-refractivity contribution < 1.29 is 14.9 Å². The van der Waals surface area contributed by atoms with Crippen molar-refractivity contribution in [2.24, 2.45) is 17.3 Å². The quantitative estimate of drug-likeness (QED) is 0.760. The van der Waals surface area contributed by atoms with Crippen molar-refractivity contribution in [1.29, 1.82) is 0 Å². The second kappa shape index (κ2) is 5.95. The molecule has 0 bridgehead atoms. The van der Waals surface area contributed by atoms with Crippen LogP contribution in [0.3, 0.4) is 0 Å². The summed E-state index contributed by atoms with van der Waals surface area (Å²) in [6.45, 7) is 4.13. The zero-order valence-corrected chi connectivity index (χ0v) is 15.4. The molecule has 5 atom stereocenters. The minimum Gasteiger partial charge on any atom is -0.504 e. The van der Waals surface area contributed by atoms with Crippen LogP contribution in [0.1, 0.15) is 68.6 Å². The highest BCUT2D eigenvalue weighted by molar-refractivity contribution is 5.62. The SMILES string of the molecule is CC#Cc1c(OC)c(O)cc2c1[C@H]1CC[C@]3(C)[C@H](O)CC[C@H]3[C@@H]1CC2. The van der Waals surface area contributed by atoms with Crippen molar-refractivity contribution in [3.8, 4) is 23.3 Å². The van der Waals surface area contributed by atoms with E-state index in [9.17, 15) is 10.2 Å². The predicted molar refractivity (Wildman–Crippen MR) is 97.8 cm³/mol. The zero-order valence-electron chi connectivity index (χ0n) is 15.4. The molecule has 134 valence electrons. The molecule has 2 N–H and O–H groups in total. The molecular formula is C22H28O3. The van der Waals surface area contributed by atoms with E-state index in [2.05, 4.69) is 18.8 Å². The molecule has 0 spiro atoms. The van der Waals surface area contributed by atoms with Crippen LogP contribution in [0.4, 0.5) is 0 Å². The van der Waals surface area contributed by atoms with Crippen LogP contribution in [0.2, 0.25) is 0 Å². The lowest BCUT2D eigenvalue weighted by atomic mass is 9.55. The van der Waals surface area contributed by atoms with Crippen LogP contribution in [0.25, 0.3) is 0 Å². The molecule has 1 aromatic carbocycles. The number of aromatic hydroxyl groups is 1. The number of methoxy groups -OCH3 is 1. The summed E-state index contributed by atoms with van der Waals surface area (Å²) in [6, 6.07) is 1.89. The van der Waals surface area contributed by atoms with Gasteiger partial charge in [0.05, 0.1) is 18.8 Å². The van der Waals surface area contributed by atoms with E-state index in [0.29, 0.717) is 23.5 Å². The largest absolute Gasteiger partial charge is 0.504 e. The number of aliphatic hydroxyl groups is 1. The second-order valence-electron chi connectivity index (χ2n) is 8.30. The van der Waals surface area contributed by atoms with E-state index in [1.165, 1.54) is 11.1 Å². The predicted octanol–water partition coefficient (Wildman–Crippen LogP) is 3.99. The summed E-state index contributed by atoms with van der Waals surface area (Å²) in [4.78, 5) is 0. The third-order valence-corrected chi connectivity index (χ3v) is 7.34. The minimum absolute atomic E-state index is 0.0796. The Labute approximate surface area is 150 Å². The van der Waals surface area contributed by atoms with Gasteiger partial charge in [-0.1, -0.05) is 12.8 Å². The maximum Gasteiger partial charge on any atom is 0.176 e. The monoisotopic (exact) mass is 340 g/mol. The third kappa shape index (κ3) is 2.30. The van der Waals surface area contributed by atoms with Crippen molar-refractivity contribution >= 4 is 0 Å². The van der Waals surface area contributed by atoms with Gasteiger partial charge in [0, 0.05) is 0 Å². The van der Waals surface area contributed by atoms with Crippen molar-refractivity contribution in [2.75, 3.05) is 7.11 Å². The summed E-state index contributed by atoms with van der Waals surface area (Å²) in [5.74, 6) is 8.63. The number of phenols is 1. The van der Waals surface area contributed by atoms with Gasteiger partial charge >= 0.3 is 0 Å². The Morgan fingerprint density at radius 1 is 1.24 bits per heavy atom. The first-order chi connectivity index (χ1) is 12.0. The number of ether oxygens (including phenoxy) is 1. The van der Waals surface area contributed by atoms with Crippen molar-refractivity contribution in [3.05, 3.63) is 22.8 Å². The normalized spacial score (nSPS) is 35.8. The highest BCUT2D eigenvalue weighted by Gasteiger charge is 2.54. The van der Waals surface area contributed by atoms with Crippen LogP contribution >= 0.6 is 0 Å². The Morgan fingerprint density at radius 2 is 2.04 bits per heavy atom. The molecule has 3 heteroatoms. The van der Waals surface area contributed by atoms with E-state index in [1.807, 2.05) is 13.0 Å². The first kappa shape index (κ1) is 16.8. The molecule has 0 unspecified atom stereocenters. The first-order valence-corrected chi connectivity index (χ1v) is 9.54. The summed E-state index contributed by atoms with van der Waals surface area (Å²) in [6.07, 6.45) is 6.22. The summed E-state index contributed by atoms with van der Waals surface area (Å²) < 4.78 is 5.51. The van der Waals surface area contributed by atoms with Crippen molar-refractivity contribution in [1.82, 2.24) is 0 Å². The number of aliphatic hydroxyl groups excluding tert-OH is 1. The van der Waals surface area contributed by atoms with Gasteiger partial charge < -0.3 is 14.9 Å². The topological polar surface area (TPSA) is 49.7 Å². The third-order valence-electron chi connectivity index (χ3n) is 7.34. The Kier molecular flexibility index (Phi) is 4.00. The van der Waals surface area contributed by atoms with E-state index in [0.717, 1.165) is 44.1 Å². The molecule has 25 heavy (non-hydrogen) atoms. The fourth-order valence-electron chi connectivity index (χ4n) is 6.15. The number of hydrogen-bond acceptors (Lipinski definition) is 3. The standard InChI is InChI=1S/C22H28O3/c1-4-5-16-20-13(12-18(23)21(16)25-3)6-7-14-15(20)10-11-22(2)17(14)8-9-19(22)24/h12,14-15,17,19,23-24H,6-11H2,1-3H3/t14-,15+,17+,19-,22+/m1/s1. The molecule has 2 saturated carbocycles. The summed E-state index contributed by atoms with van der Waals surface area (Å²) in [5, 5.41) is 20.9. The molecule has 4 rings (SSSR count). The van der Waals surface area contributed by atoms with Gasteiger partial charge in [0.25, 0.3) is 0 Å². The average molecular weight is 340 g/mol. The van der Waals surface area contributed by atoms with Gasteiger partial charge in [-0.15, -0.1) is 5.92 Å². The smallest absolute Gasteiger partial charge is 0.176 e. The number of benzene rings is 1. The second-order valence-corrected chi connectivity index (χ2v) is 8.30. The van der Waals surface area contributed by atoms with Crippen LogP contribution in [-0.4, -0.2) is 23.4 Å². The molecule has 0 radical (unpaired) electrons. The average Bonchev–Trinajstić information content (AvgIpc) is 2.90. The number of aryl methyl sites for hydroxylation is 1.